The van der Waals surface area contributed by atoms with Crippen LogP contribution in [0.3, 0.4) is 0 Å². The third-order valence-corrected chi connectivity index (χ3v) is 6.99. The first-order valence-electron chi connectivity index (χ1n) is 11.8. The summed E-state index contributed by atoms with van der Waals surface area (Å²) in [5.41, 5.74) is 8.54. The molecule has 2 fully saturated rings. The van der Waals surface area contributed by atoms with Gasteiger partial charge in [-0.1, -0.05) is 42.5 Å². The van der Waals surface area contributed by atoms with Crippen LogP contribution in [0.4, 0.5) is 4.79 Å². The number of benzene rings is 2. The number of carbonyl (C=O) groups excluding carboxylic acids is 2. The second kappa shape index (κ2) is 9.40. The van der Waals surface area contributed by atoms with E-state index in [-0.39, 0.29) is 24.5 Å². The zero-order chi connectivity index (χ0) is 23.5. The number of nitrogens with one attached hydrogen (secondary N) is 1. The van der Waals surface area contributed by atoms with Crippen LogP contribution in [-0.4, -0.2) is 56.7 Å². The van der Waals surface area contributed by atoms with Crippen LogP contribution in [0.5, 0.6) is 0 Å². The highest BCUT2D eigenvalue weighted by molar-refractivity contribution is 6.07. The molecule has 3 aromatic rings. The Bertz CT molecular complexity index is 1120. The molecule has 8 nitrogen and oxygen atoms in total. The summed E-state index contributed by atoms with van der Waals surface area (Å²) in [6, 6.07) is 19.4. The minimum absolute atomic E-state index is 0.0000706. The second-order valence-corrected chi connectivity index (χ2v) is 9.17. The smallest absolute Gasteiger partial charge is 0.324 e. The Hall–Kier alpha value is -3.49. The van der Waals surface area contributed by atoms with Gasteiger partial charge in [-0.2, -0.15) is 5.10 Å². The summed E-state index contributed by atoms with van der Waals surface area (Å²) < 4.78 is 1.77. The monoisotopic (exact) mass is 458 g/mol. The van der Waals surface area contributed by atoms with Crippen LogP contribution < -0.4 is 11.1 Å². The number of urea groups is 1. The lowest BCUT2D eigenvalue weighted by atomic mass is 9.87. The molecule has 3 heterocycles. The summed E-state index contributed by atoms with van der Waals surface area (Å²) in [7, 11) is 0. The number of likely N-dealkylation sites (tertiary alicyclic amines) is 1. The zero-order valence-corrected chi connectivity index (χ0v) is 19.1. The third-order valence-electron chi connectivity index (χ3n) is 6.99. The molecule has 176 valence electrons. The van der Waals surface area contributed by atoms with Gasteiger partial charge in [-0.3, -0.25) is 9.69 Å². The molecule has 1 aromatic heterocycles. The molecule has 0 saturated carbocycles. The van der Waals surface area contributed by atoms with Gasteiger partial charge in [0.25, 0.3) is 5.91 Å². The molecule has 5 rings (SSSR count). The van der Waals surface area contributed by atoms with Crippen LogP contribution >= 0.6 is 0 Å². The highest BCUT2D eigenvalue weighted by atomic mass is 16.2. The lowest BCUT2D eigenvalue weighted by molar-refractivity contribution is -0.133. The van der Waals surface area contributed by atoms with E-state index in [4.69, 9.17) is 5.73 Å². The normalized spacial score (nSPS) is 18.9. The number of nitrogens with zero attached hydrogens (tertiary/aromatic N) is 4. The molecular weight excluding hydrogens is 428 g/mol. The number of amides is 3. The van der Waals surface area contributed by atoms with Crippen LogP contribution in [0.25, 0.3) is 5.69 Å². The van der Waals surface area contributed by atoms with Crippen molar-refractivity contribution >= 4 is 11.9 Å². The number of aromatic nitrogens is 2. The van der Waals surface area contributed by atoms with Gasteiger partial charge in [0, 0.05) is 31.5 Å². The second-order valence-electron chi connectivity index (χ2n) is 9.17. The summed E-state index contributed by atoms with van der Waals surface area (Å²) >= 11 is 0. The Labute approximate surface area is 199 Å². The Morgan fingerprint density at radius 3 is 2.41 bits per heavy atom. The van der Waals surface area contributed by atoms with Gasteiger partial charge in [0.2, 0.25) is 0 Å². The zero-order valence-electron chi connectivity index (χ0n) is 19.1. The Balaban J connectivity index is 1.16. The SMILES string of the molecule is N[C@@H](CCN1CCC2(CC1)NC(=O)N(Cc1ccc(-n3cccn3)cc1)C2=O)c1ccccc1. The van der Waals surface area contributed by atoms with Gasteiger partial charge in [-0.05, 0) is 55.1 Å². The maximum Gasteiger partial charge on any atom is 0.325 e. The Morgan fingerprint density at radius 2 is 1.74 bits per heavy atom. The first kappa shape index (κ1) is 22.3. The average Bonchev–Trinajstić information content (AvgIpc) is 3.48. The molecule has 8 heteroatoms. The van der Waals surface area contributed by atoms with Crippen molar-refractivity contribution in [3.8, 4) is 5.69 Å². The predicted molar refractivity (Wildman–Crippen MR) is 129 cm³/mol. The van der Waals surface area contributed by atoms with Gasteiger partial charge < -0.3 is 16.0 Å². The van der Waals surface area contributed by atoms with Gasteiger partial charge in [0.15, 0.2) is 0 Å². The van der Waals surface area contributed by atoms with E-state index in [0.29, 0.717) is 12.8 Å². The molecular formula is C26H30N6O2. The maximum atomic E-state index is 13.3. The van der Waals surface area contributed by atoms with E-state index in [1.165, 1.54) is 4.90 Å². The lowest BCUT2D eigenvalue weighted by Crippen LogP contribution is -2.55. The molecule has 0 bridgehead atoms. The van der Waals surface area contributed by atoms with E-state index in [1.54, 1.807) is 10.9 Å². The fourth-order valence-electron chi connectivity index (χ4n) is 4.86. The summed E-state index contributed by atoms with van der Waals surface area (Å²) in [6.45, 7) is 2.67. The van der Waals surface area contributed by atoms with Crippen molar-refractivity contribution in [3.05, 3.63) is 84.2 Å². The first-order chi connectivity index (χ1) is 16.5. The molecule has 1 atom stereocenters. The molecule has 0 aliphatic carbocycles. The standard InChI is InChI=1S/C26H30N6O2/c27-23(21-5-2-1-3-6-21)11-16-30-17-12-26(13-18-30)24(33)31(25(34)29-26)19-20-7-9-22(10-8-20)32-15-4-14-28-32/h1-10,14-15,23H,11-13,16-19,27H2,(H,29,34)/t23-/m0/s1. The Morgan fingerprint density at radius 1 is 1.00 bits per heavy atom. The number of nitrogens with two attached hydrogens (primary N) is 1. The predicted octanol–water partition coefficient (Wildman–Crippen LogP) is 2.85. The Kier molecular flexibility index (Phi) is 6.17. The van der Waals surface area contributed by atoms with Gasteiger partial charge in [-0.15, -0.1) is 0 Å². The third kappa shape index (κ3) is 4.47. The topological polar surface area (TPSA) is 96.5 Å². The number of piperidine rings is 1. The summed E-state index contributed by atoms with van der Waals surface area (Å²) in [6.07, 6.45) is 5.69. The molecule has 1 spiro atoms. The largest absolute Gasteiger partial charge is 0.325 e. The van der Waals surface area contributed by atoms with Crippen molar-refractivity contribution in [1.29, 1.82) is 0 Å². The van der Waals surface area contributed by atoms with Crippen LogP contribution in [0.2, 0.25) is 0 Å². The van der Waals surface area contributed by atoms with E-state index < -0.39 is 5.54 Å². The molecule has 2 aliphatic rings. The van der Waals surface area contributed by atoms with Gasteiger partial charge in [0.05, 0.1) is 12.2 Å². The van der Waals surface area contributed by atoms with Crippen LogP contribution in [0.15, 0.2) is 73.1 Å². The highest BCUT2D eigenvalue weighted by Gasteiger charge is 2.52. The number of rotatable bonds is 7. The fourth-order valence-corrected chi connectivity index (χ4v) is 4.86. The molecule has 3 N–H and O–H groups in total. The molecule has 0 radical (unpaired) electrons. The van der Waals surface area contributed by atoms with E-state index in [1.807, 2.05) is 54.7 Å². The minimum Gasteiger partial charge on any atom is -0.324 e. The van der Waals surface area contributed by atoms with E-state index in [9.17, 15) is 9.59 Å². The molecule has 0 unspecified atom stereocenters. The van der Waals surface area contributed by atoms with Gasteiger partial charge >= 0.3 is 6.03 Å². The van der Waals surface area contributed by atoms with Crippen LogP contribution in [-0.2, 0) is 11.3 Å². The van der Waals surface area contributed by atoms with Crippen molar-refractivity contribution < 1.29 is 9.59 Å². The summed E-state index contributed by atoms with van der Waals surface area (Å²) in [5.74, 6) is -0.116. The number of imide groups is 1. The van der Waals surface area contributed by atoms with Crippen molar-refractivity contribution in [2.24, 2.45) is 5.73 Å². The van der Waals surface area contributed by atoms with Crippen LogP contribution in [0.1, 0.15) is 36.4 Å². The lowest BCUT2D eigenvalue weighted by Gasteiger charge is -2.37. The molecule has 2 aromatic carbocycles. The number of carbonyl (C=O) groups is 2. The number of hydrogen-bond donors (Lipinski definition) is 2. The van der Waals surface area contributed by atoms with Crippen molar-refractivity contribution in [1.82, 2.24) is 24.9 Å². The van der Waals surface area contributed by atoms with Crippen molar-refractivity contribution in [3.63, 3.8) is 0 Å². The quantitative estimate of drug-likeness (QED) is 0.531. The van der Waals surface area contributed by atoms with Gasteiger partial charge in [-0.25, -0.2) is 9.48 Å². The van der Waals surface area contributed by atoms with Crippen molar-refractivity contribution in [2.45, 2.75) is 37.4 Å². The average molecular weight is 459 g/mol. The molecule has 3 amide bonds. The van der Waals surface area contributed by atoms with E-state index >= 15 is 0 Å². The number of hydrogen-bond acceptors (Lipinski definition) is 5. The van der Waals surface area contributed by atoms with E-state index in [2.05, 4.69) is 27.4 Å². The molecule has 34 heavy (non-hydrogen) atoms. The highest BCUT2D eigenvalue weighted by Crippen LogP contribution is 2.31. The fraction of sp³-hybridized carbons (Fsp3) is 0.346. The minimum atomic E-state index is -0.788. The van der Waals surface area contributed by atoms with E-state index in [0.717, 1.165) is 42.9 Å². The molecule has 2 saturated heterocycles. The van der Waals surface area contributed by atoms with Gasteiger partial charge in [0.1, 0.15) is 5.54 Å². The maximum absolute atomic E-state index is 13.3. The first-order valence-corrected chi connectivity index (χ1v) is 11.8. The van der Waals surface area contributed by atoms with Crippen molar-refractivity contribution in [2.75, 3.05) is 19.6 Å². The summed E-state index contributed by atoms with van der Waals surface area (Å²) in [4.78, 5) is 29.7. The molecule has 2 aliphatic heterocycles. The summed E-state index contributed by atoms with van der Waals surface area (Å²) in [5, 5.41) is 7.23. The van der Waals surface area contributed by atoms with Crippen LogP contribution in [0, 0.1) is 0 Å².